The molecule has 0 N–H and O–H groups in total. The Balaban J connectivity index is 1.31. The normalized spacial score (nSPS) is 21.3. The quantitative estimate of drug-likeness (QED) is 0.428. The van der Waals surface area contributed by atoms with Gasteiger partial charge < -0.3 is 4.74 Å². The van der Waals surface area contributed by atoms with Gasteiger partial charge in [-0.2, -0.15) is 5.10 Å². The highest BCUT2D eigenvalue weighted by Gasteiger charge is 2.51. The fraction of sp³-hybridized carbons (Fsp3) is 0.296. The highest BCUT2D eigenvalue weighted by molar-refractivity contribution is 9.10. The first-order chi connectivity index (χ1) is 16.1. The zero-order chi connectivity index (χ0) is 22.4. The fourth-order valence-corrected chi connectivity index (χ4v) is 5.68. The number of hydrazone groups is 1. The number of halogens is 2. The molecule has 1 fully saturated rings. The molecule has 0 bridgehead atoms. The molecule has 1 saturated heterocycles. The van der Waals surface area contributed by atoms with Crippen LogP contribution in [-0.2, 0) is 6.54 Å². The van der Waals surface area contributed by atoms with Gasteiger partial charge in [0.15, 0.2) is 0 Å². The van der Waals surface area contributed by atoms with Crippen LogP contribution in [0.15, 0.2) is 82.4 Å². The summed E-state index contributed by atoms with van der Waals surface area (Å²) < 4.78 is 21.3. The SMILES string of the molecule is Fc1ccc(C2=NN3C(C2)c2cc(Br)ccc2OC32CCN(Cc3ccccc3)CC2)cc1. The summed E-state index contributed by atoms with van der Waals surface area (Å²) in [6.07, 6.45) is 2.55. The van der Waals surface area contributed by atoms with Gasteiger partial charge in [0.05, 0.1) is 11.8 Å². The lowest BCUT2D eigenvalue weighted by atomic mass is 9.90. The second kappa shape index (κ2) is 8.26. The Morgan fingerprint density at radius 3 is 2.52 bits per heavy atom. The highest BCUT2D eigenvalue weighted by atomic mass is 79.9. The predicted molar refractivity (Wildman–Crippen MR) is 131 cm³/mol. The largest absolute Gasteiger partial charge is 0.466 e. The van der Waals surface area contributed by atoms with Gasteiger partial charge in [-0.15, -0.1) is 0 Å². The highest BCUT2D eigenvalue weighted by Crippen LogP contribution is 2.50. The summed E-state index contributed by atoms with van der Waals surface area (Å²) in [5, 5.41) is 7.30. The molecule has 4 nitrogen and oxygen atoms in total. The predicted octanol–water partition coefficient (Wildman–Crippen LogP) is 6.12. The number of ether oxygens (including phenoxy) is 1. The van der Waals surface area contributed by atoms with Gasteiger partial charge in [-0.1, -0.05) is 58.4 Å². The van der Waals surface area contributed by atoms with E-state index in [2.05, 4.69) is 68.3 Å². The smallest absolute Gasteiger partial charge is 0.200 e. The van der Waals surface area contributed by atoms with Crippen molar-refractivity contribution in [2.75, 3.05) is 13.1 Å². The Morgan fingerprint density at radius 2 is 1.76 bits per heavy atom. The second-order valence-corrected chi connectivity index (χ2v) is 10.0. The molecular weight excluding hydrogens is 481 g/mol. The first kappa shape index (κ1) is 20.9. The molecule has 3 aliphatic heterocycles. The van der Waals surface area contributed by atoms with Gasteiger partial charge in [0.1, 0.15) is 11.6 Å². The minimum absolute atomic E-state index is 0.118. The molecule has 3 aromatic carbocycles. The van der Waals surface area contributed by atoms with Crippen LogP contribution < -0.4 is 4.74 Å². The van der Waals surface area contributed by atoms with Crippen molar-refractivity contribution in [2.45, 2.75) is 37.6 Å². The number of piperidine rings is 1. The Hall–Kier alpha value is -2.70. The minimum atomic E-state index is -0.458. The summed E-state index contributed by atoms with van der Waals surface area (Å²) in [6, 6.07) is 23.7. The molecule has 1 unspecified atom stereocenters. The van der Waals surface area contributed by atoms with E-state index in [4.69, 9.17) is 9.84 Å². The Kier molecular flexibility index (Phi) is 5.23. The fourth-order valence-electron chi connectivity index (χ4n) is 5.30. The van der Waals surface area contributed by atoms with Crippen LogP contribution in [0.3, 0.4) is 0 Å². The molecule has 3 aromatic rings. The standard InChI is InChI=1S/C27H25BrFN3O/c28-21-8-11-26-23(16-21)25-17-24(20-6-9-22(29)10-7-20)30-32(25)27(33-26)12-14-31(15-13-27)18-19-4-2-1-3-5-19/h1-11,16,25H,12-15,17-18H2. The van der Waals surface area contributed by atoms with Crippen molar-refractivity contribution < 1.29 is 9.13 Å². The van der Waals surface area contributed by atoms with Gasteiger partial charge in [-0.05, 0) is 41.5 Å². The third-order valence-corrected chi connectivity index (χ3v) is 7.52. The number of hydrogen-bond acceptors (Lipinski definition) is 4. The van der Waals surface area contributed by atoms with Crippen molar-refractivity contribution in [3.05, 3.63) is 99.8 Å². The summed E-state index contributed by atoms with van der Waals surface area (Å²) in [7, 11) is 0. The van der Waals surface area contributed by atoms with Crippen molar-refractivity contribution in [1.82, 2.24) is 9.91 Å². The third kappa shape index (κ3) is 3.85. The maximum Gasteiger partial charge on any atom is 0.200 e. The first-order valence-corrected chi connectivity index (χ1v) is 12.3. The Morgan fingerprint density at radius 1 is 1.00 bits per heavy atom. The number of likely N-dealkylation sites (tertiary alicyclic amines) is 1. The third-order valence-electron chi connectivity index (χ3n) is 7.02. The Labute approximate surface area is 201 Å². The number of nitrogens with zero attached hydrogens (tertiary/aromatic N) is 3. The zero-order valence-corrected chi connectivity index (χ0v) is 19.8. The zero-order valence-electron chi connectivity index (χ0n) is 18.3. The Bertz CT molecular complexity index is 1190. The van der Waals surface area contributed by atoms with Gasteiger partial charge >= 0.3 is 0 Å². The second-order valence-electron chi connectivity index (χ2n) is 9.11. The molecule has 0 amide bonds. The molecule has 6 rings (SSSR count). The molecule has 0 saturated carbocycles. The maximum absolute atomic E-state index is 13.5. The summed E-state index contributed by atoms with van der Waals surface area (Å²) >= 11 is 3.62. The van der Waals surface area contributed by atoms with Crippen LogP contribution in [0.25, 0.3) is 0 Å². The molecule has 6 heteroatoms. The van der Waals surface area contributed by atoms with E-state index >= 15 is 0 Å². The summed E-state index contributed by atoms with van der Waals surface area (Å²) in [5.41, 5.74) is 3.99. The van der Waals surface area contributed by atoms with Gasteiger partial charge in [0.2, 0.25) is 5.72 Å². The van der Waals surface area contributed by atoms with Crippen LogP contribution >= 0.6 is 15.9 Å². The molecule has 0 aromatic heterocycles. The average molecular weight is 506 g/mol. The number of hydrogen-bond donors (Lipinski definition) is 0. The van der Waals surface area contributed by atoms with E-state index < -0.39 is 5.72 Å². The van der Waals surface area contributed by atoms with Gasteiger partial charge in [0, 0.05) is 48.9 Å². The van der Waals surface area contributed by atoms with Crippen LogP contribution in [0.2, 0.25) is 0 Å². The van der Waals surface area contributed by atoms with Crippen LogP contribution in [0.4, 0.5) is 4.39 Å². The van der Waals surface area contributed by atoms with Crippen LogP contribution in [0.1, 0.15) is 42.0 Å². The monoisotopic (exact) mass is 505 g/mol. The van der Waals surface area contributed by atoms with E-state index in [9.17, 15) is 4.39 Å². The summed E-state index contributed by atoms with van der Waals surface area (Å²) in [5.74, 6) is 0.724. The number of fused-ring (bicyclic) bond motifs is 4. The van der Waals surface area contributed by atoms with E-state index in [0.717, 1.165) is 66.0 Å². The molecule has 3 aliphatic rings. The average Bonchev–Trinajstić information content (AvgIpc) is 3.29. The first-order valence-electron chi connectivity index (χ1n) is 11.5. The lowest BCUT2D eigenvalue weighted by Crippen LogP contribution is -2.59. The van der Waals surface area contributed by atoms with Crippen LogP contribution in [0, 0.1) is 5.82 Å². The molecule has 0 aliphatic carbocycles. The van der Waals surface area contributed by atoms with E-state index in [-0.39, 0.29) is 11.9 Å². The van der Waals surface area contributed by atoms with Crippen molar-refractivity contribution in [2.24, 2.45) is 5.10 Å². The van der Waals surface area contributed by atoms with E-state index in [1.54, 1.807) is 0 Å². The van der Waals surface area contributed by atoms with Gasteiger partial charge in [-0.25, -0.2) is 9.40 Å². The molecule has 0 radical (unpaired) electrons. The topological polar surface area (TPSA) is 28.1 Å². The summed E-state index contributed by atoms with van der Waals surface area (Å²) in [4.78, 5) is 2.50. The number of rotatable bonds is 3. The van der Waals surface area contributed by atoms with Crippen molar-refractivity contribution in [3.63, 3.8) is 0 Å². The van der Waals surface area contributed by atoms with E-state index in [1.165, 1.54) is 17.7 Å². The van der Waals surface area contributed by atoms with Crippen molar-refractivity contribution >= 4 is 21.6 Å². The summed E-state index contributed by atoms with van der Waals surface area (Å²) in [6.45, 7) is 2.85. The number of benzene rings is 3. The van der Waals surface area contributed by atoms with Crippen LogP contribution in [-0.4, -0.2) is 34.4 Å². The molecule has 168 valence electrons. The molecular formula is C27H25BrFN3O. The van der Waals surface area contributed by atoms with Crippen LogP contribution in [0.5, 0.6) is 5.75 Å². The molecule has 1 spiro atoms. The van der Waals surface area contributed by atoms with E-state index in [1.807, 2.05) is 18.2 Å². The van der Waals surface area contributed by atoms with Crippen molar-refractivity contribution in [3.8, 4) is 5.75 Å². The maximum atomic E-state index is 13.5. The van der Waals surface area contributed by atoms with Gasteiger partial charge in [0.25, 0.3) is 0 Å². The van der Waals surface area contributed by atoms with Gasteiger partial charge in [-0.3, -0.25) is 4.90 Å². The minimum Gasteiger partial charge on any atom is -0.466 e. The lowest BCUT2D eigenvalue weighted by Gasteiger charge is -2.51. The molecule has 3 heterocycles. The molecule has 33 heavy (non-hydrogen) atoms. The lowest BCUT2D eigenvalue weighted by molar-refractivity contribution is -0.150. The van der Waals surface area contributed by atoms with Crippen molar-refractivity contribution in [1.29, 1.82) is 0 Å². The molecule has 1 atom stereocenters. The van der Waals surface area contributed by atoms with E-state index in [0.29, 0.717) is 0 Å².